The molecule has 0 aliphatic rings. The lowest BCUT2D eigenvalue weighted by Crippen LogP contribution is -2.29. The van der Waals surface area contributed by atoms with E-state index in [2.05, 4.69) is 17.1 Å². The third-order valence-electron chi connectivity index (χ3n) is 3.62. The monoisotopic (exact) mass is 297 g/mol. The van der Waals surface area contributed by atoms with Crippen molar-refractivity contribution in [3.05, 3.63) is 34.9 Å². The van der Waals surface area contributed by atoms with Gasteiger partial charge in [-0.05, 0) is 44.4 Å². The van der Waals surface area contributed by atoms with Gasteiger partial charge in [0.2, 0.25) is 0 Å². The summed E-state index contributed by atoms with van der Waals surface area (Å²) in [6.07, 6.45) is 1.54. The SMILES string of the molecule is CN=CN(N)Cc1cc(C(C)(C)C#N)cc(C(C)(C)C#N)c1. The highest BCUT2D eigenvalue weighted by atomic mass is 15.4. The zero-order valence-electron chi connectivity index (χ0n) is 13.9. The predicted octanol–water partition coefficient (Wildman–Crippen LogP) is 2.62. The quantitative estimate of drug-likeness (QED) is 0.391. The lowest BCUT2D eigenvalue weighted by molar-refractivity contribution is 0.446. The van der Waals surface area contributed by atoms with Gasteiger partial charge in [0, 0.05) is 7.05 Å². The van der Waals surface area contributed by atoms with Gasteiger partial charge in [0.25, 0.3) is 0 Å². The zero-order chi connectivity index (χ0) is 17.0. The molecule has 0 bridgehead atoms. The third-order valence-corrected chi connectivity index (χ3v) is 3.62. The summed E-state index contributed by atoms with van der Waals surface area (Å²) in [5.74, 6) is 5.85. The highest BCUT2D eigenvalue weighted by Gasteiger charge is 2.26. The van der Waals surface area contributed by atoms with Gasteiger partial charge < -0.3 is 0 Å². The smallest absolute Gasteiger partial charge is 0.0990 e. The number of hydrazine groups is 1. The van der Waals surface area contributed by atoms with Gasteiger partial charge in [0.05, 0.1) is 35.9 Å². The molecule has 0 radical (unpaired) electrons. The van der Waals surface area contributed by atoms with Gasteiger partial charge in [0.15, 0.2) is 0 Å². The van der Waals surface area contributed by atoms with E-state index in [-0.39, 0.29) is 0 Å². The molecular formula is C17H23N5. The lowest BCUT2D eigenvalue weighted by Gasteiger charge is -2.24. The Balaban J connectivity index is 3.41. The first kappa shape index (κ1) is 17.7. The van der Waals surface area contributed by atoms with Crippen LogP contribution in [0.25, 0.3) is 0 Å². The fourth-order valence-electron chi connectivity index (χ4n) is 2.03. The van der Waals surface area contributed by atoms with Gasteiger partial charge in [-0.25, -0.2) is 5.84 Å². The molecule has 0 heterocycles. The van der Waals surface area contributed by atoms with Gasteiger partial charge in [-0.15, -0.1) is 0 Å². The van der Waals surface area contributed by atoms with Crippen LogP contribution in [0.2, 0.25) is 0 Å². The van der Waals surface area contributed by atoms with Gasteiger partial charge in [0.1, 0.15) is 0 Å². The summed E-state index contributed by atoms with van der Waals surface area (Å²) in [4.78, 5) is 3.88. The van der Waals surface area contributed by atoms with Crippen molar-refractivity contribution in [2.24, 2.45) is 10.8 Å². The lowest BCUT2D eigenvalue weighted by atomic mass is 9.79. The molecule has 0 amide bonds. The maximum Gasteiger partial charge on any atom is 0.0990 e. The molecule has 0 spiro atoms. The van der Waals surface area contributed by atoms with Crippen LogP contribution < -0.4 is 5.84 Å². The molecule has 116 valence electrons. The minimum atomic E-state index is -0.630. The molecule has 1 aromatic carbocycles. The minimum absolute atomic E-state index is 0.460. The molecule has 0 unspecified atom stereocenters. The largest absolute Gasteiger partial charge is 0.297 e. The van der Waals surface area contributed by atoms with Gasteiger partial charge in [-0.1, -0.05) is 18.2 Å². The molecule has 0 aromatic heterocycles. The van der Waals surface area contributed by atoms with E-state index in [0.717, 1.165) is 16.7 Å². The van der Waals surface area contributed by atoms with Crippen molar-refractivity contribution in [2.45, 2.75) is 45.1 Å². The first-order valence-electron chi connectivity index (χ1n) is 7.07. The average Bonchev–Trinajstić information content (AvgIpc) is 2.47. The van der Waals surface area contributed by atoms with E-state index in [1.807, 2.05) is 45.9 Å². The Morgan fingerprint density at radius 2 is 1.55 bits per heavy atom. The summed E-state index contributed by atoms with van der Waals surface area (Å²) in [6.45, 7) is 7.92. The van der Waals surface area contributed by atoms with Crippen LogP contribution in [0.5, 0.6) is 0 Å². The predicted molar refractivity (Wildman–Crippen MR) is 87.9 cm³/mol. The third kappa shape index (κ3) is 4.07. The first-order chi connectivity index (χ1) is 10.2. The average molecular weight is 297 g/mol. The number of aliphatic imine (C=N–C) groups is 1. The summed E-state index contributed by atoms with van der Waals surface area (Å²) in [7, 11) is 1.65. The van der Waals surface area contributed by atoms with E-state index in [0.29, 0.717) is 6.54 Å². The second-order valence-electron chi connectivity index (χ2n) is 6.44. The van der Waals surface area contributed by atoms with E-state index >= 15 is 0 Å². The number of hydrogen-bond donors (Lipinski definition) is 1. The van der Waals surface area contributed by atoms with Crippen molar-refractivity contribution in [3.63, 3.8) is 0 Å². The molecule has 0 saturated carbocycles. The molecule has 22 heavy (non-hydrogen) atoms. The zero-order valence-corrected chi connectivity index (χ0v) is 13.9. The number of benzene rings is 1. The van der Waals surface area contributed by atoms with E-state index in [1.165, 1.54) is 11.3 Å². The van der Waals surface area contributed by atoms with Crippen molar-refractivity contribution in [3.8, 4) is 12.1 Å². The van der Waals surface area contributed by atoms with Crippen molar-refractivity contribution in [1.29, 1.82) is 10.5 Å². The van der Waals surface area contributed by atoms with Gasteiger partial charge in [-0.2, -0.15) is 10.5 Å². The number of rotatable bonds is 5. The van der Waals surface area contributed by atoms with Crippen molar-refractivity contribution in [1.82, 2.24) is 5.01 Å². The highest BCUT2D eigenvalue weighted by Crippen LogP contribution is 2.30. The Morgan fingerprint density at radius 1 is 1.09 bits per heavy atom. The van der Waals surface area contributed by atoms with E-state index in [1.54, 1.807) is 7.05 Å². The Kier molecular flexibility index (Phi) is 5.30. The Morgan fingerprint density at radius 3 is 1.91 bits per heavy atom. The summed E-state index contributed by atoms with van der Waals surface area (Å²) >= 11 is 0. The number of nitrogens with two attached hydrogens (primary N) is 1. The standard InChI is InChI=1S/C17H23N5/c1-16(2,10-18)14-6-13(9-22(20)12-21-5)7-15(8-14)17(3,4)11-19/h6-8,12H,9,20H2,1-5H3. The van der Waals surface area contributed by atoms with Crippen LogP contribution in [0.1, 0.15) is 44.4 Å². The van der Waals surface area contributed by atoms with Crippen LogP contribution in [0.15, 0.2) is 23.2 Å². The van der Waals surface area contributed by atoms with Crippen molar-refractivity contribution in [2.75, 3.05) is 7.05 Å². The maximum atomic E-state index is 9.38. The summed E-state index contributed by atoms with van der Waals surface area (Å²) in [5, 5.41) is 20.2. The van der Waals surface area contributed by atoms with E-state index < -0.39 is 10.8 Å². The Labute approximate surface area is 132 Å². The van der Waals surface area contributed by atoms with E-state index in [9.17, 15) is 10.5 Å². The van der Waals surface area contributed by atoms with Crippen LogP contribution in [0, 0.1) is 22.7 Å². The van der Waals surface area contributed by atoms with Crippen LogP contribution in [-0.2, 0) is 17.4 Å². The molecule has 1 aromatic rings. The van der Waals surface area contributed by atoms with Gasteiger partial charge >= 0.3 is 0 Å². The number of hydrogen-bond acceptors (Lipinski definition) is 4. The fraction of sp³-hybridized carbons (Fsp3) is 0.471. The van der Waals surface area contributed by atoms with Crippen molar-refractivity contribution < 1.29 is 0 Å². The van der Waals surface area contributed by atoms with Crippen LogP contribution in [0.3, 0.4) is 0 Å². The maximum absolute atomic E-state index is 9.38. The van der Waals surface area contributed by atoms with Crippen LogP contribution >= 0.6 is 0 Å². The van der Waals surface area contributed by atoms with Crippen molar-refractivity contribution >= 4 is 6.34 Å². The molecule has 1 rings (SSSR count). The Bertz CT molecular complexity index is 600. The minimum Gasteiger partial charge on any atom is -0.297 e. The normalized spacial score (nSPS) is 12.0. The second-order valence-corrected chi connectivity index (χ2v) is 6.44. The summed E-state index contributed by atoms with van der Waals surface area (Å²) < 4.78 is 0. The summed E-state index contributed by atoms with van der Waals surface area (Å²) in [5.41, 5.74) is 1.45. The topological polar surface area (TPSA) is 89.2 Å². The molecular weight excluding hydrogens is 274 g/mol. The highest BCUT2D eigenvalue weighted by molar-refractivity contribution is 5.54. The molecule has 5 heteroatoms. The molecule has 0 aliphatic heterocycles. The van der Waals surface area contributed by atoms with Crippen LogP contribution in [-0.4, -0.2) is 18.4 Å². The van der Waals surface area contributed by atoms with E-state index in [4.69, 9.17) is 5.84 Å². The first-order valence-corrected chi connectivity index (χ1v) is 7.07. The van der Waals surface area contributed by atoms with Gasteiger partial charge in [-0.3, -0.25) is 10.0 Å². The molecule has 0 atom stereocenters. The molecule has 0 saturated heterocycles. The second kappa shape index (κ2) is 6.60. The summed E-state index contributed by atoms with van der Waals surface area (Å²) in [6, 6.07) is 10.5. The molecule has 5 nitrogen and oxygen atoms in total. The molecule has 2 N–H and O–H groups in total. The molecule has 0 aliphatic carbocycles. The Hall–Kier alpha value is -2.37. The number of nitriles is 2. The molecule has 0 fully saturated rings. The number of nitrogens with zero attached hydrogens (tertiary/aromatic N) is 4. The fourth-order valence-corrected chi connectivity index (χ4v) is 2.03. The van der Waals surface area contributed by atoms with Crippen LogP contribution in [0.4, 0.5) is 0 Å².